The predicted octanol–water partition coefficient (Wildman–Crippen LogP) is 3.61. The molecule has 0 aliphatic carbocycles. The Morgan fingerprint density at radius 1 is 1.21 bits per heavy atom. The van der Waals surface area contributed by atoms with Crippen LogP contribution in [0.25, 0.3) is 10.9 Å². The van der Waals surface area contributed by atoms with Gasteiger partial charge in [-0.25, -0.2) is 4.79 Å². The van der Waals surface area contributed by atoms with E-state index in [-0.39, 0.29) is 5.56 Å². The minimum Gasteiger partial charge on any atom is -0.497 e. The molecule has 1 saturated heterocycles. The van der Waals surface area contributed by atoms with Gasteiger partial charge in [-0.1, -0.05) is 12.1 Å². The number of methoxy groups -OCH3 is 1. The summed E-state index contributed by atoms with van der Waals surface area (Å²) in [6, 6.07) is 14.8. The summed E-state index contributed by atoms with van der Waals surface area (Å²) in [5.41, 5.74) is 2.91. The number of nitrogens with zero attached hydrogens (tertiary/aromatic N) is 1. The minimum absolute atomic E-state index is 0.0707. The summed E-state index contributed by atoms with van der Waals surface area (Å²) in [6.45, 7) is 2.40. The summed E-state index contributed by atoms with van der Waals surface area (Å²) in [5, 5.41) is 10.1. The molecule has 1 aliphatic rings. The Bertz CT molecular complexity index is 1090. The predicted molar refractivity (Wildman–Crippen MR) is 112 cm³/mol. The lowest BCUT2D eigenvalue weighted by molar-refractivity contribution is 0.0697. The zero-order valence-electron chi connectivity index (χ0n) is 16.4. The van der Waals surface area contributed by atoms with Gasteiger partial charge in [0.2, 0.25) is 0 Å². The van der Waals surface area contributed by atoms with E-state index in [0.29, 0.717) is 23.8 Å². The molecule has 1 aliphatic heterocycles. The summed E-state index contributed by atoms with van der Waals surface area (Å²) in [6.07, 6.45) is 2.12. The lowest BCUT2D eigenvalue weighted by Gasteiger charge is -2.33. The number of carboxylic acids is 1. The average Bonchev–Trinajstić information content (AvgIpc) is 2.74. The number of fused-ring (bicyclic) bond motifs is 1. The van der Waals surface area contributed by atoms with Crippen LogP contribution in [0.4, 0.5) is 0 Å². The van der Waals surface area contributed by atoms with Crippen LogP contribution in [0, 0.1) is 0 Å². The highest BCUT2D eigenvalue weighted by atomic mass is 16.5. The number of carbonyl (C=O) groups is 1. The van der Waals surface area contributed by atoms with Crippen molar-refractivity contribution < 1.29 is 14.6 Å². The molecule has 150 valence electrons. The van der Waals surface area contributed by atoms with Crippen molar-refractivity contribution in [1.82, 2.24) is 9.88 Å². The van der Waals surface area contributed by atoms with E-state index in [1.54, 1.807) is 19.2 Å². The molecule has 2 N–H and O–H groups in total. The Balaban J connectivity index is 1.51. The van der Waals surface area contributed by atoms with Crippen molar-refractivity contribution in [2.45, 2.75) is 25.3 Å². The number of piperidine rings is 1. The molecule has 3 aromatic rings. The van der Waals surface area contributed by atoms with Gasteiger partial charge in [0.05, 0.1) is 18.2 Å². The molecular weight excluding hydrogens is 368 g/mol. The first kappa shape index (κ1) is 19.2. The normalized spacial score (nSPS) is 17.3. The van der Waals surface area contributed by atoms with Gasteiger partial charge in [0, 0.05) is 24.7 Å². The van der Waals surface area contributed by atoms with Crippen molar-refractivity contribution >= 4 is 16.9 Å². The molecule has 0 unspecified atom stereocenters. The Kier molecular flexibility index (Phi) is 5.36. The van der Waals surface area contributed by atoms with Gasteiger partial charge in [-0.2, -0.15) is 0 Å². The van der Waals surface area contributed by atoms with E-state index in [2.05, 4.69) is 9.88 Å². The molecule has 0 saturated carbocycles. The van der Waals surface area contributed by atoms with Gasteiger partial charge in [-0.05, 0) is 66.6 Å². The molecule has 6 heteroatoms. The van der Waals surface area contributed by atoms with E-state index >= 15 is 0 Å². The second-order valence-electron chi connectivity index (χ2n) is 7.58. The minimum atomic E-state index is -0.907. The highest BCUT2D eigenvalue weighted by Gasteiger charge is 2.22. The summed E-state index contributed by atoms with van der Waals surface area (Å²) in [7, 11) is 1.61. The molecule has 0 bridgehead atoms. The topological polar surface area (TPSA) is 82.6 Å². The fraction of sp³-hybridized carbons (Fsp3) is 0.304. The molecular formula is C23H24N2O4. The first-order valence-corrected chi connectivity index (χ1v) is 9.79. The first-order valence-electron chi connectivity index (χ1n) is 9.79. The molecule has 2 aromatic carbocycles. The van der Waals surface area contributed by atoms with Gasteiger partial charge < -0.3 is 14.8 Å². The molecule has 29 heavy (non-hydrogen) atoms. The largest absolute Gasteiger partial charge is 0.497 e. The van der Waals surface area contributed by atoms with Crippen LogP contribution in [-0.4, -0.2) is 41.2 Å². The fourth-order valence-corrected chi connectivity index (χ4v) is 4.08. The molecule has 0 spiro atoms. The van der Waals surface area contributed by atoms with Crippen LogP contribution in [0.5, 0.6) is 5.75 Å². The third kappa shape index (κ3) is 4.17. The maximum absolute atomic E-state index is 12.6. The van der Waals surface area contributed by atoms with Gasteiger partial charge in [-0.15, -0.1) is 0 Å². The van der Waals surface area contributed by atoms with Crippen molar-refractivity contribution in [3.63, 3.8) is 0 Å². The van der Waals surface area contributed by atoms with Gasteiger partial charge in [0.1, 0.15) is 5.75 Å². The number of nitrogens with one attached hydrogen (secondary N) is 1. The SMILES string of the molecule is COc1ccc2cc(CN3CCC[C@@H](c4ccc(C(=O)O)cc4)C3)c(=O)[nH]c2c1. The fourth-order valence-electron chi connectivity index (χ4n) is 4.08. The second kappa shape index (κ2) is 8.09. The Morgan fingerprint density at radius 3 is 2.72 bits per heavy atom. The van der Waals surface area contributed by atoms with Crippen LogP contribution in [0.15, 0.2) is 53.3 Å². The lowest BCUT2D eigenvalue weighted by Crippen LogP contribution is -2.35. The number of hydrogen-bond donors (Lipinski definition) is 2. The van der Waals surface area contributed by atoms with E-state index in [1.165, 1.54) is 0 Å². The number of aromatic nitrogens is 1. The summed E-state index contributed by atoms with van der Waals surface area (Å²) >= 11 is 0. The van der Waals surface area contributed by atoms with E-state index in [4.69, 9.17) is 9.84 Å². The number of pyridine rings is 1. The van der Waals surface area contributed by atoms with Crippen molar-refractivity contribution in [2.24, 2.45) is 0 Å². The Morgan fingerprint density at radius 2 is 2.00 bits per heavy atom. The van der Waals surface area contributed by atoms with E-state index in [0.717, 1.165) is 48.0 Å². The highest BCUT2D eigenvalue weighted by Crippen LogP contribution is 2.28. The molecule has 6 nitrogen and oxygen atoms in total. The smallest absolute Gasteiger partial charge is 0.335 e. The van der Waals surface area contributed by atoms with Crippen molar-refractivity contribution in [1.29, 1.82) is 0 Å². The third-order valence-corrected chi connectivity index (χ3v) is 5.66. The lowest BCUT2D eigenvalue weighted by atomic mass is 9.90. The van der Waals surface area contributed by atoms with Gasteiger partial charge in [0.15, 0.2) is 0 Å². The quantitative estimate of drug-likeness (QED) is 0.693. The van der Waals surface area contributed by atoms with Gasteiger partial charge in [0.25, 0.3) is 5.56 Å². The molecule has 2 heterocycles. The number of benzene rings is 2. The number of carboxylic acid groups (broad SMARTS) is 1. The summed E-state index contributed by atoms with van der Waals surface area (Å²) in [4.78, 5) is 28.9. The monoisotopic (exact) mass is 392 g/mol. The summed E-state index contributed by atoms with van der Waals surface area (Å²) in [5.74, 6) is 0.152. The van der Waals surface area contributed by atoms with Crippen LogP contribution >= 0.6 is 0 Å². The van der Waals surface area contributed by atoms with Crippen LogP contribution in [0.1, 0.15) is 40.2 Å². The van der Waals surface area contributed by atoms with Crippen molar-refractivity contribution in [3.05, 3.63) is 75.6 Å². The molecule has 1 aromatic heterocycles. The molecule has 0 amide bonds. The van der Waals surface area contributed by atoms with Crippen LogP contribution in [0.3, 0.4) is 0 Å². The van der Waals surface area contributed by atoms with E-state index in [9.17, 15) is 9.59 Å². The Labute approximate surface area is 168 Å². The number of likely N-dealkylation sites (tertiary alicyclic amines) is 1. The molecule has 1 atom stereocenters. The van der Waals surface area contributed by atoms with Crippen LogP contribution in [-0.2, 0) is 6.54 Å². The third-order valence-electron chi connectivity index (χ3n) is 5.66. The van der Waals surface area contributed by atoms with Crippen molar-refractivity contribution in [2.75, 3.05) is 20.2 Å². The first-order chi connectivity index (χ1) is 14.0. The summed E-state index contributed by atoms with van der Waals surface area (Å²) < 4.78 is 5.23. The molecule has 0 radical (unpaired) electrons. The standard InChI is InChI=1S/C23H24N2O4/c1-29-20-9-8-17-11-19(22(26)24-21(17)12-20)14-25-10-2-3-18(13-25)15-4-6-16(7-5-15)23(27)28/h4-9,11-12,18H,2-3,10,13-14H2,1H3,(H,24,26)(H,27,28)/t18-/m1/s1. The van der Waals surface area contributed by atoms with Crippen LogP contribution < -0.4 is 10.3 Å². The number of aromatic carboxylic acids is 1. The van der Waals surface area contributed by atoms with Crippen molar-refractivity contribution in [3.8, 4) is 5.75 Å². The number of hydrogen-bond acceptors (Lipinski definition) is 4. The second-order valence-corrected chi connectivity index (χ2v) is 7.58. The van der Waals surface area contributed by atoms with Gasteiger partial charge in [-0.3, -0.25) is 9.69 Å². The number of aromatic amines is 1. The van der Waals surface area contributed by atoms with Crippen LogP contribution in [0.2, 0.25) is 0 Å². The molecule has 4 rings (SSSR count). The number of ether oxygens (including phenoxy) is 1. The zero-order valence-corrected chi connectivity index (χ0v) is 16.4. The van der Waals surface area contributed by atoms with E-state index < -0.39 is 5.97 Å². The van der Waals surface area contributed by atoms with Gasteiger partial charge >= 0.3 is 5.97 Å². The molecule has 1 fully saturated rings. The number of rotatable bonds is 5. The zero-order chi connectivity index (χ0) is 20.4. The Hall–Kier alpha value is -3.12. The average molecular weight is 392 g/mol. The maximum atomic E-state index is 12.6. The highest BCUT2D eigenvalue weighted by molar-refractivity contribution is 5.87. The number of H-pyrrole nitrogens is 1. The maximum Gasteiger partial charge on any atom is 0.335 e. The van der Waals surface area contributed by atoms with E-state index in [1.807, 2.05) is 36.4 Å².